The molecule has 2 amide bonds. The first-order valence-corrected chi connectivity index (χ1v) is 8.63. The molecule has 3 rings (SSSR count). The Labute approximate surface area is 141 Å². The molecular formula is C16H21Cl2N3O. The minimum Gasteiger partial charge on any atom is -0.325 e. The molecular weight excluding hydrogens is 321 g/mol. The monoisotopic (exact) mass is 341 g/mol. The third-order valence-electron chi connectivity index (χ3n) is 4.61. The number of anilines is 1. The van der Waals surface area contributed by atoms with Gasteiger partial charge in [-0.25, -0.2) is 4.79 Å². The molecule has 2 N–H and O–H groups in total. The molecule has 0 radical (unpaired) electrons. The molecule has 1 aromatic carbocycles. The van der Waals surface area contributed by atoms with Gasteiger partial charge in [0.25, 0.3) is 0 Å². The average Bonchev–Trinajstić information content (AvgIpc) is 3.00. The molecule has 1 unspecified atom stereocenters. The van der Waals surface area contributed by atoms with Gasteiger partial charge in [0.15, 0.2) is 0 Å². The number of hydrogen-bond acceptors (Lipinski definition) is 2. The van der Waals surface area contributed by atoms with Crippen LogP contribution in [0.1, 0.15) is 25.7 Å². The van der Waals surface area contributed by atoms with Crippen LogP contribution >= 0.6 is 23.2 Å². The number of carbonyl (C=O) groups is 1. The molecule has 0 spiro atoms. The molecule has 2 aliphatic rings. The molecule has 2 fully saturated rings. The first-order valence-electron chi connectivity index (χ1n) is 7.87. The molecule has 1 aromatic rings. The molecule has 120 valence electrons. The van der Waals surface area contributed by atoms with E-state index in [1.165, 1.54) is 12.8 Å². The van der Waals surface area contributed by atoms with Crippen molar-refractivity contribution < 1.29 is 4.79 Å². The van der Waals surface area contributed by atoms with Crippen LogP contribution in [0.5, 0.6) is 0 Å². The number of urea groups is 1. The van der Waals surface area contributed by atoms with Crippen LogP contribution < -0.4 is 10.6 Å². The number of piperidine rings is 1. The van der Waals surface area contributed by atoms with Gasteiger partial charge in [-0.05, 0) is 56.3 Å². The second kappa shape index (κ2) is 7.07. The van der Waals surface area contributed by atoms with Gasteiger partial charge in [-0.3, -0.25) is 0 Å². The fourth-order valence-corrected chi connectivity index (χ4v) is 3.97. The molecule has 6 heteroatoms. The van der Waals surface area contributed by atoms with E-state index in [0.29, 0.717) is 27.7 Å². The zero-order chi connectivity index (χ0) is 15.5. The van der Waals surface area contributed by atoms with E-state index in [1.54, 1.807) is 18.2 Å². The Balaban J connectivity index is 1.53. The second-order valence-corrected chi connectivity index (χ2v) is 6.99. The Kier molecular flexibility index (Phi) is 5.11. The Morgan fingerprint density at radius 2 is 1.82 bits per heavy atom. The first-order chi connectivity index (χ1) is 10.6. The molecule has 4 nitrogen and oxygen atoms in total. The SMILES string of the molecule is O=C(Nc1cc(Cl)cc(Cl)c1)N1CCC(C2CCCN2)CC1. The lowest BCUT2D eigenvalue weighted by Gasteiger charge is -2.34. The summed E-state index contributed by atoms with van der Waals surface area (Å²) in [5.41, 5.74) is 0.641. The Hall–Kier alpha value is -0.970. The Morgan fingerprint density at radius 3 is 2.41 bits per heavy atom. The van der Waals surface area contributed by atoms with E-state index < -0.39 is 0 Å². The summed E-state index contributed by atoms with van der Waals surface area (Å²) in [6.07, 6.45) is 4.70. The fourth-order valence-electron chi connectivity index (χ4n) is 3.45. The number of amides is 2. The number of benzene rings is 1. The zero-order valence-electron chi connectivity index (χ0n) is 12.4. The molecule has 1 atom stereocenters. The number of rotatable bonds is 2. The van der Waals surface area contributed by atoms with Crippen LogP contribution in [0, 0.1) is 5.92 Å². The first kappa shape index (κ1) is 15.9. The van der Waals surface area contributed by atoms with E-state index in [0.717, 1.165) is 32.5 Å². The van der Waals surface area contributed by atoms with Crippen molar-refractivity contribution in [2.75, 3.05) is 25.0 Å². The lowest BCUT2D eigenvalue weighted by Crippen LogP contribution is -2.44. The van der Waals surface area contributed by atoms with Gasteiger partial charge in [0, 0.05) is 34.9 Å². The number of nitrogens with zero attached hydrogens (tertiary/aromatic N) is 1. The van der Waals surface area contributed by atoms with Gasteiger partial charge in [0.05, 0.1) is 0 Å². The van der Waals surface area contributed by atoms with E-state index >= 15 is 0 Å². The summed E-state index contributed by atoms with van der Waals surface area (Å²) in [5.74, 6) is 0.701. The largest absolute Gasteiger partial charge is 0.325 e. The Bertz CT molecular complexity index is 518. The maximum absolute atomic E-state index is 12.3. The number of nitrogens with one attached hydrogen (secondary N) is 2. The van der Waals surface area contributed by atoms with Crippen molar-refractivity contribution in [2.45, 2.75) is 31.7 Å². The minimum absolute atomic E-state index is 0.0730. The summed E-state index contributed by atoms with van der Waals surface area (Å²) >= 11 is 11.9. The van der Waals surface area contributed by atoms with Crippen LogP contribution in [0.2, 0.25) is 10.0 Å². The van der Waals surface area contributed by atoms with Crippen molar-refractivity contribution >= 4 is 34.9 Å². The molecule has 0 aromatic heterocycles. The van der Waals surface area contributed by atoms with Crippen molar-refractivity contribution in [3.63, 3.8) is 0 Å². The highest BCUT2D eigenvalue weighted by Crippen LogP contribution is 2.27. The van der Waals surface area contributed by atoms with E-state index in [4.69, 9.17) is 23.2 Å². The summed E-state index contributed by atoms with van der Waals surface area (Å²) in [6.45, 7) is 2.76. The van der Waals surface area contributed by atoms with Crippen LogP contribution in [-0.4, -0.2) is 36.6 Å². The number of likely N-dealkylation sites (tertiary alicyclic amines) is 1. The maximum atomic E-state index is 12.3. The van der Waals surface area contributed by atoms with Gasteiger partial charge in [-0.1, -0.05) is 23.2 Å². The highest BCUT2D eigenvalue weighted by Gasteiger charge is 2.29. The highest BCUT2D eigenvalue weighted by molar-refractivity contribution is 6.35. The van der Waals surface area contributed by atoms with Crippen LogP contribution in [0.3, 0.4) is 0 Å². The summed E-state index contributed by atoms with van der Waals surface area (Å²) < 4.78 is 0. The van der Waals surface area contributed by atoms with E-state index in [-0.39, 0.29) is 6.03 Å². The van der Waals surface area contributed by atoms with Gasteiger partial charge in [-0.2, -0.15) is 0 Å². The van der Waals surface area contributed by atoms with Gasteiger partial charge in [0.2, 0.25) is 0 Å². The zero-order valence-corrected chi connectivity index (χ0v) is 14.0. The van der Waals surface area contributed by atoms with Crippen molar-refractivity contribution in [3.8, 4) is 0 Å². The van der Waals surface area contributed by atoms with E-state index in [9.17, 15) is 4.79 Å². The van der Waals surface area contributed by atoms with Crippen molar-refractivity contribution in [1.82, 2.24) is 10.2 Å². The van der Waals surface area contributed by atoms with Crippen LogP contribution in [0.15, 0.2) is 18.2 Å². The molecule has 2 heterocycles. The summed E-state index contributed by atoms with van der Waals surface area (Å²) in [5, 5.41) is 7.50. The van der Waals surface area contributed by atoms with Crippen molar-refractivity contribution in [2.24, 2.45) is 5.92 Å². The highest BCUT2D eigenvalue weighted by atomic mass is 35.5. The Morgan fingerprint density at radius 1 is 1.14 bits per heavy atom. The summed E-state index contributed by atoms with van der Waals surface area (Å²) in [6, 6.07) is 5.65. The lowest BCUT2D eigenvalue weighted by molar-refractivity contribution is 0.170. The van der Waals surface area contributed by atoms with E-state index in [2.05, 4.69) is 10.6 Å². The summed E-state index contributed by atoms with van der Waals surface area (Å²) in [4.78, 5) is 14.2. The number of hydrogen-bond donors (Lipinski definition) is 2. The third-order valence-corrected chi connectivity index (χ3v) is 5.04. The van der Waals surface area contributed by atoms with Crippen LogP contribution in [0.25, 0.3) is 0 Å². The third kappa shape index (κ3) is 3.86. The predicted octanol–water partition coefficient (Wildman–Crippen LogP) is 3.99. The molecule has 0 saturated carbocycles. The molecule has 2 saturated heterocycles. The normalized spacial score (nSPS) is 22.8. The number of carbonyl (C=O) groups excluding carboxylic acids is 1. The standard InChI is InChI=1S/C16H21Cl2N3O/c17-12-8-13(18)10-14(9-12)20-16(22)21-6-3-11(4-7-21)15-2-1-5-19-15/h8-11,15,19H,1-7H2,(H,20,22). The molecule has 2 aliphatic heterocycles. The maximum Gasteiger partial charge on any atom is 0.321 e. The quantitative estimate of drug-likeness (QED) is 0.854. The minimum atomic E-state index is -0.0730. The van der Waals surface area contributed by atoms with Gasteiger partial charge in [0.1, 0.15) is 0 Å². The second-order valence-electron chi connectivity index (χ2n) is 6.12. The molecule has 22 heavy (non-hydrogen) atoms. The topological polar surface area (TPSA) is 44.4 Å². The van der Waals surface area contributed by atoms with Gasteiger partial charge < -0.3 is 15.5 Å². The van der Waals surface area contributed by atoms with Crippen LogP contribution in [0.4, 0.5) is 10.5 Å². The average molecular weight is 342 g/mol. The summed E-state index contributed by atoms with van der Waals surface area (Å²) in [7, 11) is 0. The van der Waals surface area contributed by atoms with Crippen LogP contribution in [-0.2, 0) is 0 Å². The van der Waals surface area contributed by atoms with Gasteiger partial charge in [-0.15, -0.1) is 0 Å². The van der Waals surface area contributed by atoms with Crippen molar-refractivity contribution in [3.05, 3.63) is 28.2 Å². The fraction of sp³-hybridized carbons (Fsp3) is 0.562. The van der Waals surface area contributed by atoms with Gasteiger partial charge >= 0.3 is 6.03 Å². The van der Waals surface area contributed by atoms with Crippen molar-refractivity contribution in [1.29, 1.82) is 0 Å². The lowest BCUT2D eigenvalue weighted by atomic mass is 9.89. The van der Waals surface area contributed by atoms with E-state index in [1.807, 2.05) is 4.90 Å². The number of halogens is 2. The molecule has 0 aliphatic carbocycles. The predicted molar refractivity (Wildman–Crippen MR) is 90.8 cm³/mol. The molecule has 0 bridgehead atoms. The smallest absolute Gasteiger partial charge is 0.321 e.